The first-order valence-corrected chi connectivity index (χ1v) is 9.91. The third-order valence-electron chi connectivity index (χ3n) is 4.69. The van der Waals surface area contributed by atoms with E-state index >= 15 is 0 Å². The van der Waals surface area contributed by atoms with Crippen LogP contribution in [-0.4, -0.2) is 35.8 Å². The number of carboxylic acids is 1. The van der Waals surface area contributed by atoms with Crippen LogP contribution in [0.2, 0.25) is 5.02 Å². The number of hydrogen-bond acceptors (Lipinski definition) is 4. The van der Waals surface area contributed by atoms with Crippen LogP contribution in [0.25, 0.3) is 10.9 Å². The Kier molecular flexibility index (Phi) is 7.01. The molecular formula is C22H25ClN2O4. The van der Waals surface area contributed by atoms with Crippen LogP contribution in [0.5, 0.6) is 11.5 Å². The third-order valence-corrected chi connectivity index (χ3v) is 4.97. The number of H-pyrrole nitrogens is 1. The van der Waals surface area contributed by atoms with Crippen molar-refractivity contribution in [1.29, 1.82) is 0 Å². The molecule has 0 aliphatic rings. The number of ether oxygens (including phenoxy) is 2. The molecule has 29 heavy (non-hydrogen) atoms. The number of para-hydroxylation sites is 1. The highest BCUT2D eigenvalue weighted by Crippen LogP contribution is 2.36. The minimum Gasteiger partial charge on any atom is -0.493 e. The molecule has 0 aliphatic carbocycles. The molecule has 0 unspecified atom stereocenters. The van der Waals surface area contributed by atoms with E-state index in [-0.39, 0.29) is 0 Å². The Bertz CT molecular complexity index is 986. The highest BCUT2D eigenvalue weighted by molar-refractivity contribution is 6.32. The van der Waals surface area contributed by atoms with Crippen LogP contribution in [0.1, 0.15) is 24.5 Å². The number of aromatic nitrogens is 1. The average molecular weight is 417 g/mol. The van der Waals surface area contributed by atoms with Crippen LogP contribution in [0, 0.1) is 0 Å². The molecule has 0 aliphatic heterocycles. The van der Waals surface area contributed by atoms with Crippen molar-refractivity contribution in [1.82, 2.24) is 10.3 Å². The van der Waals surface area contributed by atoms with Gasteiger partial charge in [0.15, 0.2) is 11.5 Å². The fourth-order valence-electron chi connectivity index (χ4n) is 3.23. The summed E-state index contributed by atoms with van der Waals surface area (Å²) in [5.41, 5.74) is 2.77. The van der Waals surface area contributed by atoms with E-state index in [1.165, 1.54) is 0 Å². The van der Waals surface area contributed by atoms with Gasteiger partial charge in [0.2, 0.25) is 0 Å². The maximum absolute atomic E-state index is 11.8. The molecule has 1 aromatic heterocycles. The van der Waals surface area contributed by atoms with E-state index in [0.717, 1.165) is 28.5 Å². The summed E-state index contributed by atoms with van der Waals surface area (Å²) < 4.78 is 11.1. The second-order valence-electron chi connectivity index (χ2n) is 6.79. The Balaban J connectivity index is 1.73. The number of aromatic amines is 1. The van der Waals surface area contributed by atoms with Gasteiger partial charge in [0.1, 0.15) is 6.04 Å². The lowest BCUT2D eigenvalue weighted by molar-refractivity contribution is -0.139. The number of fused-ring (bicyclic) bond motifs is 1. The second kappa shape index (κ2) is 9.67. The van der Waals surface area contributed by atoms with Crippen LogP contribution < -0.4 is 14.8 Å². The van der Waals surface area contributed by atoms with Crippen LogP contribution in [0.4, 0.5) is 0 Å². The molecule has 3 N–H and O–H groups in total. The first-order valence-electron chi connectivity index (χ1n) is 9.53. The Labute approximate surface area is 174 Å². The fourth-order valence-corrected chi connectivity index (χ4v) is 3.52. The van der Waals surface area contributed by atoms with Gasteiger partial charge < -0.3 is 24.9 Å². The quantitative estimate of drug-likeness (QED) is 0.456. The Morgan fingerprint density at radius 3 is 2.83 bits per heavy atom. The van der Waals surface area contributed by atoms with Gasteiger partial charge in [0.05, 0.1) is 18.7 Å². The van der Waals surface area contributed by atoms with Gasteiger partial charge in [-0.2, -0.15) is 0 Å². The predicted molar refractivity (Wildman–Crippen MR) is 114 cm³/mol. The molecule has 2 aromatic carbocycles. The lowest BCUT2D eigenvalue weighted by Crippen LogP contribution is -2.38. The lowest BCUT2D eigenvalue weighted by Gasteiger charge is -2.17. The maximum Gasteiger partial charge on any atom is 0.321 e. The highest BCUT2D eigenvalue weighted by Gasteiger charge is 2.20. The first-order chi connectivity index (χ1) is 14.0. The van der Waals surface area contributed by atoms with Gasteiger partial charge >= 0.3 is 5.97 Å². The Morgan fingerprint density at radius 1 is 1.31 bits per heavy atom. The third kappa shape index (κ3) is 5.02. The number of halogens is 1. The number of carbonyl (C=O) groups is 1. The highest BCUT2D eigenvalue weighted by atomic mass is 35.5. The minimum atomic E-state index is -0.906. The second-order valence-corrected chi connectivity index (χ2v) is 7.20. The zero-order valence-corrected chi connectivity index (χ0v) is 17.3. The van der Waals surface area contributed by atoms with E-state index in [2.05, 4.69) is 10.3 Å². The van der Waals surface area contributed by atoms with Crippen LogP contribution in [0.3, 0.4) is 0 Å². The number of aliphatic carboxylic acids is 1. The number of benzene rings is 2. The summed E-state index contributed by atoms with van der Waals surface area (Å²) in [6.45, 7) is 2.89. The topological polar surface area (TPSA) is 83.6 Å². The molecule has 3 rings (SSSR count). The average Bonchev–Trinajstić information content (AvgIpc) is 3.12. The number of nitrogens with one attached hydrogen (secondary N) is 2. The zero-order valence-electron chi connectivity index (χ0n) is 16.5. The standard InChI is InChI=1S/C22H25ClN2O4/c1-3-8-29-21-17(23)9-14(10-20(21)28-2)12-24-19(22(26)27)11-15-13-25-18-7-5-4-6-16(15)18/h4-7,9-10,13,19,24-25H,3,8,11-12H2,1-2H3,(H,26,27)/t19-/m0/s1. The van der Waals surface area contributed by atoms with Gasteiger partial charge in [-0.25, -0.2) is 0 Å². The SMILES string of the molecule is CCCOc1c(Cl)cc(CN[C@@H](Cc2c[nH]c3ccccc23)C(=O)O)cc1OC. The van der Waals surface area contributed by atoms with Gasteiger partial charge in [0.25, 0.3) is 0 Å². The van der Waals surface area contributed by atoms with Crippen molar-refractivity contribution in [2.45, 2.75) is 32.4 Å². The molecule has 6 nitrogen and oxygen atoms in total. The van der Waals surface area contributed by atoms with Gasteiger partial charge in [-0.05, 0) is 35.7 Å². The van der Waals surface area contributed by atoms with Gasteiger partial charge in [-0.15, -0.1) is 0 Å². The van der Waals surface area contributed by atoms with E-state index in [1.54, 1.807) is 13.2 Å². The Hall–Kier alpha value is -2.70. The van der Waals surface area contributed by atoms with Crippen molar-refractivity contribution >= 4 is 28.5 Å². The monoisotopic (exact) mass is 416 g/mol. The lowest BCUT2D eigenvalue weighted by atomic mass is 10.0. The van der Waals surface area contributed by atoms with Crippen molar-refractivity contribution in [2.75, 3.05) is 13.7 Å². The number of hydrogen-bond donors (Lipinski definition) is 3. The summed E-state index contributed by atoms with van der Waals surface area (Å²) in [4.78, 5) is 15.0. The first kappa shape index (κ1) is 21.0. The van der Waals surface area contributed by atoms with Crippen LogP contribution >= 0.6 is 11.6 Å². The van der Waals surface area contributed by atoms with E-state index < -0.39 is 12.0 Å². The summed E-state index contributed by atoms with van der Waals surface area (Å²) in [6, 6.07) is 10.7. The molecule has 0 fully saturated rings. The van der Waals surface area contributed by atoms with Crippen molar-refractivity contribution in [3.63, 3.8) is 0 Å². The molecule has 7 heteroatoms. The number of methoxy groups -OCH3 is 1. The minimum absolute atomic E-state index is 0.337. The van der Waals surface area contributed by atoms with Gasteiger partial charge in [-0.3, -0.25) is 4.79 Å². The molecule has 0 saturated heterocycles. The molecule has 0 bridgehead atoms. The summed E-state index contributed by atoms with van der Waals surface area (Å²) in [5, 5.41) is 14.3. The van der Waals surface area contributed by atoms with E-state index in [0.29, 0.717) is 36.1 Å². The molecule has 0 radical (unpaired) electrons. The van der Waals surface area contributed by atoms with E-state index in [4.69, 9.17) is 21.1 Å². The van der Waals surface area contributed by atoms with Crippen molar-refractivity contribution < 1.29 is 19.4 Å². The summed E-state index contributed by atoms with van der Waals surface area (Å²) in [5.74, 6) is 0.135. The number of rotatable bonds is 10. The van der Waals surface area contributed by atoms with Crippen molar-refractivity contribution in [3.8, 4) is 11.5 Å². The molecule has 1 heterocycles. The van der Waals surface area contributed by atoms with Crippen molar-refractivity contribution in [2.24, 2.45) is 0 Å². The molecule has 1 atom stereocenters. The van der Waals surface area contributed by atoms with Crippen molar-refractivity contribution in [3.05, 3.63) is 58.7 Å². The smallest absolute Gasteiger partial charge is 0.321 e. The number of carboxylic acid groups (broad SMARTS) is 1. The zero-order chi connectivity index (χ0) is 20.8. The maximum atomic E-state index is 11.8. The predicted octanol–water partition coefficient (Wildman–Crippen LogP) is 4.40. The molecule has 0 saturated carbocycles. The normalized spacial score (nSPS) is 12.1. The molecule has 0 spiro atoms. The van der Waals surface area contributed by atoms with Crippen LogP contribution in [-0.2, 0) is 17.8 Å². The molecule has 0 amide bonds. The summed E-state index contributed by atoms with van der Waals surface area (Å²) >= 11 is 6.35. The largest absolute Gasteiger partial charge is 0.493 e. The van der Waals surface area contributed by atoms with E-state index in [9.17, 15) is 9.90 Å². The van der Waals surface area contributed by atoms with Gasteiger partial charge in [0, 0.05) is 30.1 Å². The fraction of sp³-hybridized carbons (Fsp3) is 0.318. The Morgan fingerprint density at radius 2 is 2.10 bits per heavy atom. The van der Waals surface area contributed by atoms with Gasteiger partial charge in [-0.1, -0.05) is 36.7 Å². The molecular weight excluding hydrogens is 392 g/mol. The van der Waals surface area contributed by atoms with E-state index in [1.807, 2.05) is 43.5 Å². The summed E-state index contributed by atoms with van der Waals surface area (Å²) in [6.07, 6.45) is 3.08. The summed E-state index contributed by atoms with van der Waals surface area (Å²) in [7, 11) is 1.55. The molecule has 154 valence electrons. The van der Waals surface area contributed by atoms with Crippen LogP contribution in [0.15, 0.2) is 42.6 Å². The molecule has 3 aromatic rings.